The van der Waals surface area contributed by atoms with Crippen molar-refractivity contribution in [3.05, 3.63) is 35.9 Å². The van der Waals surface area contributed by atoms with E-state index in [-0.39, 0.29) is 0 Å². The summed E-state index contributed by atoms with van der Waals surface area (Å²) in [7, 11) is 0. The quantitative estimate of drug-likeness (QED) is 0.794. The normalized spacial score (nSPS) is 22.2. The van der Waals surface area contributed by atoms with Crippen molar-refractivity contribution in [2.24, 2.45) is 5.73 Å². The summed E-state index contributed by atoms with van der Waals surface area (Å²) in [6.45, 7) is 1.19. The number of hydrogen-bond acceptors (Lipinski definition) is 2. The lowest BCUT2D eigenvalue weighted by Gasteiger charge is -2.15. The van der Waals surface area contributed by atoms with Crippen molar-refractivity contribution in [1.29, 1.82) is 0 Å². The third-order valence-corrected chi connectivity index (χ3v) is 3.39. The zero-order chi connectivity index (χ0) is 11.2. The third-order valence-electron chi connectivity index (χ3n) is 3.39. The van der Waals surface area contributed by atoms with Gasteiger partial charge < -0.3 is 11.1 Å². The van der Waals surface area contributed by atoms with Crippen LogP contribution < -0.4 is 11.1 Å². The van der Waals surface area contributed by atoms with Crippen molar-refractivity contribution in [3.63, 3.8) is 0 Å². The van der Waals surface area contributed by atoms with Crippen LogP contribution in [0.2, 0.25) is 0 Å². The van der Waals surface area contributed by atoms with Gasteiger partial charge in [0.05, 0.1) is 0 Å². The van der Waals surface area contributed by atoms with Crippen molar-refractivity contribution in [3.8, 4) is 0 Å². The Hall–Kier alpha value is -0.860. The summed E-state index contributed by atoms with van der Waals surface area (Å²) in [4.78, 5) is 0. The Bertz CT molecular complexity index is 291. The number of nitrogens with one attached hydrogen (secondary N) is 1. The van der Waals surface area contributed by atoms with Gasteiger partial charge in [-0.15, -0.1) is 0 Å². The molecule has 3 N–H and O–H groups in total. The van der Waals surface area contributed by atoms with Crippen molar-refractivity contribution in [2.75, 3.05) is 6.54 Å². The highest BCUT2D eigenvalue weighted by Gasteiger charge is 2.15. The molecule has 2 atom stereocenters. The van der Waals surface area contributed by atoms with Gasteiger partial charge in [-0.1, -0.05) is 30.3 Å². The zero-order valence-electron chi connectivity index (χ0n) is 9.86. The molecule has 1 heterocycles. The summed E-state index contributed by atoms with van der Waals surface area (Å²) in [6.07, 6.45) is 6.03. The minimum Gasteiger partial charge on any atom is -0.327 e. The summed E-state index contributed by atoms with van der Waals surface area (Å²) in [5, 5.41) is 3.52. The molecule has 1 saturated heterocycles. The van der Waals surface area contributed by atoms with Gasteiger partial charge in [-0.25, -0.2) is 0 Å². The van der Waals surface area contributed by atoms with Crippen LogP contribution in [-0.4, -0.2) is 18.6 Å². The number of nitrogens with two attached hydrogens (primary N) is 1. The van der Waals surface area contributed by atoms with E-state index in [1.165, 1.54) is 31.4 Å². The molecule has 2 heteroatoms. The lowest BCUT2D eigenvalue weighted by Crippen LogP contribution is -2.28. The molecule has 1 aliphatic rings. The lowest BCUT2D eigenvalue weighted by atomic mass is 9.99. The smallest absolute Gasteiger partial charge is 0.00799 e. The van der Waals surface area contributed by atoms with Gasteiger partial charge in [0, 0.05) is 12.1 Å². The summed E-state index contributed by atoms with van der Waals surface area (Å²) in [6, 6.07) is 11.6. The molecule has 2 rings (SSSR count). The van der Waals surface area contributed by atoms with Gasteiger partial charge in [-0.05, 0) is 44.2 Å². The van der Waals surface area contributed by atoms with Crippen LogP contribution >= 0.6 is 0 Å². The van der Waals surface area contributed by atoms with Gasteiger partial charge in [-0.3, -0.25) is 0 Å². The fourth-order valence-corrected chi connectivity index (χ4v) is 2.44. The fourth-order valence-electron chi connectivity index (χ4n) is 2.44. The van der Waals surface area contributed by atoms with Gasteiger partial charge in [-0.2, -0.15) is 0 Å². The molecule has 0 aliphatic carbocycles. The molecular formula is C14H22N2. The molecule has 1 aliphatic heterocycles. The highest BCUT2D eigenvalue weighted by Crippen LogP contribution is 2.13. The van der Waals surface area contributed by atoms with Crippen LogP contribution in [0.15, 0.2) is 30.3 Å². The van der Waals surface area contributed by atoms with E-state index in [1.54, 1.807) is 0 Å². The molecule has 2 nitrogen and oxygen atoms in total. The van der Waals surface area contributed by atoms with E-state index in [1.807, 2.05) is 0 Å². The van der Waals surface area contributed by atoms with E-state index in [0.29, 0.717) is 6.04 Å². The molecule has 1 aromatic rings. The van der Waals surface area contributed by atoms with Gasteiger partial charge in [0.25, 0.3) is 0 Å². The predicted molar refractivity (Wildman–Crippen MR) is 68.4 cm³/mol. The lowest BCUT2D eigenvalue weighted by molar-refractivity contribution is 0.488. The van der Waals surface area contributed by atoms with E-state index in [2.05, 4.69) is 35.6 Å². The topological polar surface area (TPSA) is 38.0 Å². The molecule has 0 unspecified atom stereocenters. The molecular weight excluding hydrogens is 196 g/mol. The molecule has 0 bridgehead atoms. The Kier molecular flexibility index (Phi) is 4.37. The molecule has 0 saturated carbocycles. The van der Waals surface area contributed by atoms with E-state index in [0.717, 1.165) is 18.9 Å². The minimum absolute atomic E-state index is 0.310. The van der Waals surface area contributed by atoms with Crippen LogP contribution in [0.1, 0.15) is 31.2 Å². The van der Waals surface area contributed by atoms with Crippen molar-refractivity contribution >= 4 is 0 Å². The van der Waals surface area contributed by atoms with E-state index in [4.69, 9.17) is 5.73 Å². The van der Waals surface area contributed by atoms with Crippen molar-refractivity contribution < 1.29 is 0 Å². The van der Waals surface area contributed by atoms with E-state index < -0.39 is 0 Å². The SMILES string of the molecule is N[C@H](CC[C@@H]1CCCN1)Cc1ccccc1. The first kappa shape index (κ1) is 11.6. The monoisotopic (exact) mass is 218 g/mol. The first-order valence-electron chi connectivity index (χ1n) is 6.37. The predicted octanol–water partition coefficient (Wildman–Crippen LogP) is 2.09. The highest BCUT2D eigenvalue weighted by atomic mass is 14.9. The standard InChI is InChI=1S/C14H22N2/c15-13(8-9-14-7-4-10-16-14)11-12-5-2-1-3-6-12/h1-3,5-6,13-14,16H,4,7-11,15H2/t13-,14+/m1/s1. The molecule has 0 aromatic heterocycles. The second-order valence-electron chi connectivity index (χ2n) is 4.82. The molecule has 16 heavy (non-hydrogen) atoms. The second-order valence-corrected chi connectivity index (χ2v) is 4.82. The van der Waals surface area contributed by atoms with Crippen molar-refractivity contribution in [2.45, 2.75) is 44.2 Å². The summed E-state index contributed by atoms with van der Waals surface area (Å²) < 4.78 is 0. The maximum absolute atomic E-state index is 6.16. The molecule has 1 fully saturated rings. The van der Waals surface area contributed by atoms with Crippen molar-refractivity contribution in [1.82, 2.24) is 5.32 Å². The van der Waals surface area contributed by atoms with Crippen LogP contribution in [0.25, 0.3) is 0 Å². The molecule has 1 aromatic carbocycles. The Morgan fingerprint density at radius 1 is 1.31 bits per heavy atom. The number of rotatable bonds is 5. The number of hydrogen-bond donors (Lipinski definition) is 2. The van der Waals surface area contributed by atoms with E-state index in [9.17, 15) is 0 Å². The van der Waals surface area contributed by atoms with Gasteiger partial charge in [0.1, 0.15) is 0 Å². The Balaban J connectivity index is 1.69. The van der Waals surface area contributed by atoms with Crippen LogP contribution in [0, 0.1) is 0 Å². The largest absolute Gasteiger partial charge is 0.327 e. The average molecular weight is 218 g/mol. The Morgan fingerprint density at radius 2 is 2.12 bits per heavy atom. The summed E-state index contributed by atoms with van der Waals surface area (Å²) in [5.74, 6) is 0. The second kappa shape index (κ2) is 6.02. The molecule has 0 spiro atoms. The fraction of sp³-hybridized carbons (Fsp3) is 0.571. The zero-order valence-corrected chi connectivity index (χ0v) is 9.86. The molecule has 0 amide bonds. The van der Waals surface area contributed by atoms with Crippen LogP contribution in [-0.2, 0) is 6.42 Å². The maximum atomic E-state index is 6.16. The van der Waals surface area contributed by atoms with Crippen LogP contribution in [0.5, 0.6) is 0 Å². The Labute approximate surface area is 98.2 Å². The molecule has 0 radical (unpaired) electrons. The third kappa shape index (κ3) is 3.62. The van der Waals surface area contributed by atoms with Crippen LogP contribution in [0.4, 0.5) is 0 Å². The van der Waals surface area contributed by atoms with Gasteiger partial charge in [0.2, 0.25) is 0 Å². The number of benzene rings is 1. The average Bonchev–Trinajstić information content (AvgIpc) is 2.81. The summed E-state index contributed by atoms with van der Waals surface area (Å²) in [5.41, 5.74) is 7.51. The first-order chi connectivity index (χ1) is 7.84. The molecule has 88 valence electrons. The summed E-state index contributed by atoms with van der Waals surface area (Å²) >= 11 is 0. The first-order valence-corrected chi connectivity index (χ1v) is 6.37. The van der Waals surface area contributed by atoms with Gasteiger partial charge in [0.15, 0.2) is 0 Å². The highest BCUT2D eigenvalue weighted by molar-refractivity contribution is 5.15. The van der Waals surface area contributed by atoms with Crippen LogP contribution in [0.3, 0.4) is 0 Å². The minimum atomic E-state index is 0.310. The van der Waals surface area contributed by atoms with Gasteiger partial charge >= 0.3 is 0 Å². The maximum Gasteiger partial charge on any atom is 0.00799 e. The van der Waals surface area contributed by atoms with E-state index >= 15 is 0 Å². The Morgan fingerprint density at radius 3 is 2.81 bits per heavy atom.